The summed E-state index contributed by atoms with van der Waals surface area (Å²) < 4.78 is 9.47. The minimum absolute atomic E-state index is 1.12. The first-order valence-electron chi connectivity index (χ1n) is 44.7. The minimum Gasteiger partial charge on any atom is -0.311 e. The van der Waals surface area contributed by atoms with Crippen LogP contribution in [-0.2, 0) is 0 Å². The van der Waals surface area contributed by atoms with Gasteiger partial charge in [0.25, 0.3) is 0 Å². The Balaban J connectivity index is 0.000000118. The molecule has 4 heterocycles. The van der Waals surface area contributed by atoms with Crippen LogP contribution in [-0.4, -0.2) is 18.3 Å². The monoisotopic (exact) mass is 1670 g/mol. The molecule has 20 aromatic carbocycles. The molecule has 6 heteroatoms. The predicted octanol–water partition coefficient (Wildman–Crippen LogP) is 34.0. The van der Waals surface area contributed by atoms with Crippen LogP contribution >= 0.6 is 0 Å². The van der Waals surface area contributed by atoms with Crippen LogP contribution in [0.2, 0.25) is 0 Å². The fourth-order valence-electron chi connectivity index (χ4n) is 18.6. The maximum atomic E-state index is 2.40. The highest BCUT2D eigenvalue weighted by molar-refractivity contribution is 6.14. The highest BCUT2D eigenvalue weighted by atomic mass is 15.1. The average Bonchev–Trinajstić information content (AvgIpc) is 1.58. The lowest BCUT2D eigenvalue weighted by Crippen LogP contribution is -2.09. The van der Waals surface area contributed by atoms with E-state index in [1.165, 1.54) is 171 Å². The Morgan fingerprint density at radius 2 is 0.346 bits per heavy atom. The Hall–Kier alpha value is -16.8. The number of fused-ring (bicyclic) bond motifs is 12. The first-order chi connectivity index (χ1) is 64.1. The molecule has 0 amide bonds. The minimum atomic E-state index is 1.12. The van der Waals surface area contributed by atoms with Gasteiger partial charge in [-0.25, -0.2) is 0 Å². The van der Waals surface area contributed by atoms with Crippen LogP contribution < -0.4 is 9.80 Å². The second kappa shape index (κ2) is 35.7. The molecular weight excluding hydrogens is 1570 g/mol. The molecule has 4 aromatic heterocycles. The fourth-order valence-corrected chi connectivity index (χ4v) is 18.6. The lowest BCUT2D eigenvalue weighted by molar-refractivity contribution is 1.17. The van der Waals surface area contributed by atoms with Crippen LogP contribution in [0, 0.1) is 27.7 Å². The zero-order valence-corrected chi connectivity index (χ0v) is 73.0. The van der Waals surface area contributed by atoms with Gasteiger partial charge < -0.3 is 28.1 Å². The Bertz CT molecular complexity index is 7650. The maximum Gasteiger partial charge on any atom is 0.0541 e. The van der Waals surface area contributed by atoms with Gasteiger partial charge in [0.1, 0.15) is 0 Å². The molecular formula is C124H94N6. The molecule has 0 atom stereocenters. The highest BCUT2D eigenvalue weighted by Crippen LogP contribution is 2.44. The molecule has 24 rings (SSSR count). The van der Waals surface area contributed by atoms with E-state index in [1.54, 1.807) is 0 Å². The largest absolute Gasteiger partial charge is 0.311 e. The topological polar surface area (TPSA) is 26.2 Å². The van der Waals surface area contributed by atoms with Gasteiger partial charge >= 0.3 is 0 Å². The van der Waals surface area contributed by atoms with Crippen molar-refractivity contribution in [1.29, 1.82) is 0 Å². The molecule has 0 spiro atoms. The number of anilines is 6. The Kier molecular flexibility index (Phi) is 22.0. The van der Waals surface area contributed by atoms with Crippen molar-refractivity contribution >= 4 is 121 Å². The van der Waals surface area contributed by atoms with E-state index < -0.39 is 0 Å². The summed E-state index contributed by atoms with van der Waals surface area (Å²) in [7, 11) is 0. The van der Waals surface area contributed by atoms with Crippen LogP contribution in [0.3, 0.4) is 0 Å². The van der Waals surface area contributed by atoms with Gasteiger partial charge in [0.15, 0.2) is 0 Å². The molecule has 0 bridgehead atoms. The van der Waals surface area contributed by atoms with Gasteiger partial charge in [0.05, 0.1) is 44.1 Å². The van der Waals surface area contributed by atoms with Crippen molar-refractivity contribution in [1.82, 2.24) is 18.3 Å². The van der Waals surface area contributed by atoms with Gasteiger partial charge in [-0.1, -0.05) is 320 Å². The van der Waals surface area contributed by atoms with Crippen LogP contribution in [0.1, 0.15) is 22.3 Å². The van der Waals surface area contributed by atoms with E-state index in [2.05, 4.69) is 553 Å². The zero-order chi connectivity index (χ0) is 87.4. The standard InChI is InChI=1S/C55H41N3.C31H23N.2C19H15N/c1-40-22-30-51(31-23-40)58-54-36-28-43(41-24-32-49(33-25-41)56(45-14-6-2-7-15-45)46-16-8-3-9-17-46)38-52(54)53-39-44(29-37-55(53)58)42-26-34-50(35-27-42)57(47-18-10-4-11-19-47)48-20-12-5-13-21-48;1-22-12-16-27(17-13-22)32-30-18-14-25(23-8-4-2-5-9-23)20-28(30)29-21-26(15-19-31(29)32)24-10-6-3-7-11-24;1-14-7-6-8-15(13-14)20-18-11-4-2-9-16(18)17-10-3-5-12-19(17)20;1-14-10-12-15(13-11-14)20-18-8-4-2-6-16(18)17-7-3-5-9-19(17)20/h2-39H,1H3;2-21H,1H3;2*2-13H,1H3. The summed E-state index contributed by atoms with van der Waals surface area (Å²) in [5, 5.41) is 10.2. The average molecular weight is 1670 g/mol. The number of aryl methyl sites for hydroxylation is 4. The van der Waals surface area contributed by atoms with E-state index in [1.807, 2.05) is 0 Å². The Morgan fingerprint density at radius 1 is 0.131 bits per heavy atom. The lowest BCUT2D eigenvalue weighted by atomic mass is 9.99. The van der Waals surface area contributed by atoms with Gasteiger partial charge in [0, 0.05) is 100.0 Å². The molecule has 0 aliphatic heterocycles. The first kappa shape index (κ1) is 80.3. The van der Waals surface area contributed by atoms with Gasteiger partial charge in [-0.05, 0) is 272 Å². The van der Waals surface area contributed by atoms with Gasteiger partial charge in [-0.2, -0.15) is 0 Å². The van der Waals surface area contributed by atoms with E-state index in [4.69, 9.17) is 0 Å². The Labute approximate surface area is 758 Å². The fraction of sp³-hybridized carbons (Fsp3) is 0.0323. The van der Waals surface area contributed by atoms with Crippen LogP contribution in [0.15, 0.2) is 497 Å². The van der Waals surface area contributed by atoms with E-state index in [0.29, 0.717) is 0 Å². The number of benzene rings is 20. The molecule has 0 aliphatic rings. The lowest BCUT2D eigenvalue weighted by Gasteiger charge is -2.25. The molecule has 6 nitrogen and oxygen atoms in total. The molecule has 0 fully saturated rings. The number of hydrogen-bond acceptors (Lipinski definition) is 2. The quantitative estimate of drug-likeness (QED) is 0.108. The SMILES string of the molecule is Cc1ccc(-n2c3ccc(-c4ccc(N(c5ccccc5)c5ccccc5)cc4)cc3c3cc(-c4ccc(N(c5ccccc5)c5ccccc5)cc4)ccc32)cc1.Cc1ccc(-n2c3ccc(-c4ccccc4)cc3c3cc(-c4ccccc4)ccc32)cc1.Cc1ccc(-n2c3ccccc3c3ccccc32)cc1.Cc1cccc(-n2c3ccccc3c3ccccc32)c1. The predicted molar refractivity (Wildman–Crippen MR) is 553 cm³/mol. The van der Waals surface area contributed by atoms with Crippen molar-refractivity contribution in [2.75, 3.05) is 9.80 Å². The van der Waals surface area contributed by atoms with Crippen molar-refractivity contribution in [3.63, 3.8) is 0 Å². The smallest absolute Gasteiger partial charge is 0.0541 e. The normalized spacial score (nSPS) is 11.2. The number of hydrogen-bond donors (Lipinski definition) is 0. The Morgan fingerprint density at radius 3 is 0.615 bits per heavy atom. The summed E-state index contributed by atoms with van der Waals surface area (Å²) in [6.07, 6.45) is 0. The van der Waals surface area contributed by atoms with Crippen molar-refractivity contribution in [3.8, 4) is 67.3 Å². The summed E-state index contributed by atoms with van der Waals surface area (Å²) in [6, 6.07) is 178. The second-order valence-electron chi connectivity index (χ2n) is 33.5. The van der Waals surface area contributed by atoms with E-state index in [-0.39, 0.29) is 0 Å². The van der Waals surface area contributed by atoms with Crippen molar-refractivity contribution in [2.45, 2.75) is 27.7 Å². The summed E-state index contributed by atoms with van der Waals surface area (Å²) in [6.45, 7) is 8.53. The van der Waals surface area contributed by atoms with Crippen LogP contribution in [0.5, 0.6) is 0 Å². The number of aromatic nitrogens is 4. The van der Waals surface area contributed by atoms with Crippen molar-refractivity contribution < 1.29 is 0 Å². The summed E-state index contributed by atoms with van der Waals surface area (Å²) in [5.41, 5.74) is 36.2. The molecule has 0 radical (unpaired) electrons. The highest BCUT2D eigenvalue weighted by Gasteiger charge is 2.21. The maximum absolute atomic E-state index is 2.40. The number of nitrogens with zero attached hydrogens (tertiary/aromatic N) is 6. The third-order valence-electron chi connectivity index (χ3n) is 25.0. The molecule has 0 N–H and O–H groups in total. The molecule has 620 valence electrons. The number of para-hydroxylation sites is 8. The molecule has 0 saturated carbocycles. The molecule has 0 aliphatic carbocycles. The summed E-state index contributed by atoms with van der Waals surface area (Å²) >= 11 is 0. The molecule has 130 heavy (non-hydrogen) atoms. The third kappa shape index (κ3) is 15.9. The summed E-state index contributed by atoms with van der Waals surface area (Å²) in [5.74, 6) is 0. The van der Waals surface area contributed by atoms with E-state index >= 15 is 0 Å². The zero-order valence-electron chi connectivity index (χ0n) is 73.0. The van der Waals surface area contributed by atoms with Gasteiger partial charge in [-0.3, -0.25) is 0 Å². The number of rotatable bonds is 14. The second-order valence-corrected chi connectivity index (χ2v) is 33.5. The first-order valence-corrected chi connectivity index (χ1v) is 44.7. The van der Waals surface area contributed by atoms with E-state index in [0.717, 1.165) is 39.8 Å². The molecule has 0 unspecified atom stereocenters. The summed E-state index contributed by atoms with van der Waals surface area (Å²) in [4.78, 5) is 4.61. The third-order valence-corrected chi connectivity index (χ3v) is 25.0. The van der Waals surface area contributed by atoms with Crippen LogP contribution in [0.25, 0.3) is 154 Å². The van der Waals surface area contributed by atoms with Crippen molar-refractivity contribution in [3.05, 3.63) is 520 Å². The molecule has 0 saturated heterocycles. The molecule has 24 aromatic rings. The van der Waals surface area contributed by atoms with E-state index in [9.17, 15) is 0 Å². The van der Waals surface area contributed by atoms with Crippen LogP contribution in [0.4, 0.5) is 34.1 Å². The van der Waals surface area contributed by atoms with Gasteiger partial charge in [-0.15, -0.1) is 0 Å². The van der Waals surface area contributed by atoms with Gasteiger partial charge in [0.2, 0.25) is 0 Å². The van der Waals surface area contributed by atoms with Crippen molar-refractivity contribution in [2.24, 2.45) is 0 Å².